The maximum absolute atomic E-state index is 5.99. The van der Waals surface area contributed by atoms with Gasteiger partial charge in [0.25, 0.3) is 0 Å². The van der Waals surface area contributed by atoms with Crippen molar-refractivity contribution in [3.05, 3.63) is 0 Å². The van der Waals surface area contributed by atoms with Crippen molar-refractivity contribution in [3.8, 4) is 0 Å². The van der Waals surface area contributed by atoms with E-state index in [9.17, 15) is 0 Å². The van der Waals surface area contributed by atoms with E-state index in [1.54, 1.807) is 0 Å². The van der Waals surface area contributed by atoms with Crippen LogP contribution < -0.4 is 5.73 Å². The average Bonchev–Trinajstić information content (AvgIpc) is 2.37. The molecule has 1 aliphatic heterocycles. The molecule has 1 heterocycles. The van der Waals surface area contributed by atoms with Crippen molar-refractivity contribution in [3.63, 3.8) is 0 Å². The second-order valence-corrected chi connectivity index (χ2v) is 6.27. The lowest BCUT2D eigenvalue weighted by atomic mass is 9.80. The number of piperidine rings is 1. The smallest absolute Gasteiger partial charge is 0.00499 e. The molecule has 0 atom stereocenters. The molecule has 0 spiro atoms. The Bertz CT molecular complexity index is 193. The molecule has 2 nitrogen and oxygen atoms in total. The topological polar surface area (TPSA) is 29.3 Å². The Labute approximate surface area is 108 Å². The molecule has 0 amide bonds. The van der Waals surface area contributed by atoms with Gasteiger partial charge in [-0.1, -0.05) is 27.7 Å². The number of hydrogen-bond acceptors (Lipinski definition) is 2. The first-order valence-corrected chi connectivity index (χ1v) is 7.49. The molecule has 0 bridgehead atoms. The van der Waals surface area contributed by atoms with Crippen molar-refractivity contribution in [1.82, 2.24) is 4.90 Å². The van der Waals surface area contributed by atoms with Gasteiger partial charge in [-0.05, 0) is 62.6 Å². The first kappa shape index (κ1) is 15.0. The highest BCUT2D eigenvalue weighted by Crippen LogP contribution is 2.30. The number of nitrogens with zero attached hydrogens (tertiary/aromatic N) is 1. The lowest BCUT2D eigenvalue weighted by molar-refractivity contribution is 0.0952. The summed E-state index contributed by atoms with van der Waals surface area (Å²) in [6, 6.07) is 0. The monoisotopic (exact) mass is 240 g/mol. The largest absolute Gasteiger partial charge is 0.330 e. The van der Waals surface area contributed by atoms with Crippen molar-refractivity contribution < 1.29 is 0 Å². The first-order chi connectivity index (χ1) is 8.06. The van der Waals surface area contributed by atoms with Crippen LogP contribution in [0.2, 0.25) is 0 Å². The van der Waals surface area contributed by atoms with E-state index in [0.29, 0.717) is 5.41 Å². The van der Waals surface area contributed by atoms with E-state index in [4.69, 9.17) is 5.73 Å². The van der Waals surface area contributed by atoms with Gasteiger partial charge < -0.3 is 10.6 Å². The third-order valence-corrected chi connectivity index (χ3v) is 5.07. The molecule has 0 aromatic carbocycles. The zero-order valence-electron chi connectivity index (χ0n) is 12.3. The van der Waals surface area contributed by atoms with Gasteiger partial charge in [-0.25, -0.2) is 0 Å². The Morgan fingerprint density at radius 3 is 2.06 bits per heavy atom. The van der Waals surface area contributed by atoms with Crippen LogP contribution in [0.1, 0.15) is 53.4 Å². The Balaban J connectivity index is 2.44. The molecule has 0 saturated carbocycles. The minimum atomic E-state index is 0.366. The van der Waals surface area contributed by atoms with E-state index in [0.717, 1.165) is 18.4 Å². The lowest BCUT2D eigenvalue weighted by Crippen LogP contribution is -2.45. The fourth-order valence-corrected chi connectivity index (χ4v) is 3.08. The van der Waals surface area contributed by atoms with Gasteiger partial charge in [0.05, 0.1) is 0 Å². The van der Waals surface area contributed by atoms with Crippen molar-refractivity contribution in [2.45, 2.75) is 53.4 Å². The van der Waals surface area contributed by atoms with Crippen molar-refractivity contribution >= 4 is 0 Å². The highest BCUT2D eigenvalue weighted by molar-refractivity contribution is 4.84. The predicted molar refractivity (Wildman–Crippen MR) is 76.1 cm³/mol. The van der Waals surface area contributed by atoms with E-state index in [1.807, 2.05) is 0 Å². The standard InChI is InChI=1S/C15H32N2/c1-5-15(6-2,11-16)12-17-9-7-14(8-10-17)13(3)4/h13-14H,5-12,16H2,1-4H3. The molecular weight excluding hydrogens is 208 g/mol. The molecule has 0 aromatic heterocycles. The molecule has 2 N–H and O–H groups in total. The zero-order chi connectivity index (χ0) is 12.9. The molecule has 1 fully saturated rings. The quantitative estimate of drug-likeness (QED) is 0.773. The van der Waals surface area contributed by atoms with Gasteiger partial charge in [-0.15, -0.1) is 0 Å². The van der Waals surface area contributed by atoms with Crippen molar-refractivity contribution in [2.75, 3.05) is 26.2 Å². The lowest BCUT2D eigenvalue weighted by Gasteiger charge is -2.40. The van der Waals surface area contributed by atoms with Crippen LogP contribution in [-0.2, 0) is 0 Å². The Kier molecular flexibility index (Phi) is 5.94. The molecular formula is C15H32N2. The molecule has 1 rings (SSSR count). The highest BCUT2D eigenvalue weighted by Gasteiger charge is 2.29. The Hall–Kier alpha value is -0.0800. The van der Waals surface area contributed by atoms with E-state index in [-0.39, 0.29) is 0 Å². The normalized spacial score (nSPS) is 20.1. The summed E-state index contributed by atoms with van der Waals surface area (Å²) in [4.78, 5) is 2.65. The van der Waals surface area contributed by atoms with Gasteiger partial charge in [0.2, 0.25) is 0 Å². The van der Waals surface area contributed by atoms with Crippen LogP contribution in [0, 0.1) is 17.3 Å². The van der Waals surface area contributed by atoms with Crippen LogP contribution in [0.5, 0.6) is 0 Å². The fraction of sp³-hybridized carbons (Fsp3) is 1.00. The second kappa shape index (κ2) is 6.75. The summed E-state index contributed by atoms with van der Waals surface area (Å²) < 4.78 is 0. The summed E-state index contributed by atoms with van der Waals surface area (Å²) in [5.74, 6) is 1.80. The van der Waals surface area contributed by atoms with Crippen LogP contribution in [0.3, 0.4) is 0 Å². The van der Waals surface area contributed by atoms with Crippen LogP contribution >= 0.6 is 0 Å². The predicted octanol–water partition coefficient (Wildman–Crippen LogP) is 3.12. The van der Waals surface area contributed by atoms with Crippen molar-refractivity contribution in [1.29, 1.82) is 0 Å². The van der Waals surface area contributed by atoms with Gasteiger partial charge in [0.15, 0.2) is 0 Å². The van der Waals surface area contributed by atoms with E-state index in [1.165, 1.54) is 45.3 Å². The van der Waals surface area contributed by atoms with Gasteiger partial charge in [0.1, 0.15) is 0 Å². The highest BCUT2D eigenvalue weighted by atomic mass is 15.1. The maximum atomic E-state index is 5.99. The molecule has 102 valence electrons. The number of hydrogen-bond donors (Lipinski definition) is 1. The van der Waals surface area contributed by atoms with E-state index in [2.05, 4.69) is 32.6 Å². The number of nitrogens with two attached hydrogens (primary N) is 1. The van der Waals surface area contributed by atoms with Crippen LogP contribution in [-0.4, -0.2) is 31.1 Å². The number of likely N-dealkylation sites (tertiary alicyclic amines) is 1. The summed E-state index contributed by atoms with van der Waals surface area (Å²) in [5.41, 5.74) is 6.36. The minimum absolute atomic E-state index is 0.366. The second-order valence-electron chi connectivity index (χ2n) is 6.27. The molecule has 1 aliphatic rings. The maximum Gasteiger partial charge on any atom is 0.00499 e. The van der Waals surface area contributed by atoms with Gasteiger partial charge in [0, 0.05) is 6.54 Å². The van der Waals surface area contributed by atoms with Crippen molar-refractivity contribution in [2.24, 2.45) is 23.0 Å². The molecule has 1 saturated heterocycles. The summed E-state index contributed by atoms with van der Waals surface area (Å²) >= 11 is 0. The summed E-state index contributed by atoms with van der Waals surface area (Å²) in [5, 5.41) is 0. The Morgan fingerprint density at radius 1 is 1.18 bits per heavy atom. The zero-order valence-corrected chi connectivity index (χ0v) is 12.3. The van der Waals surface area contributed by atoms with Crippen LogP contribution in [0.4, 0.5) is 0 Å². The third-order valence-electron chi connectivity index (χ3n) is 5.07. The first-order valence-electron chi connectivity index (χ1n) is 7.49. The molecule has 0 radical (unpaired) electrons. The molecule has 0 aromatic rings. The molecule has 0 unspecified atom stereocenters. The summed E-state index contributed by atoms with van der Waals surface area (Å²) in [6.07, 6.45) is 5.19. The van der Waals surface area contributed by atoms with Gasteiger partial charge >= 0.3 is 0 Å². The van der Waals surface area contributed by atoms with Crippen LogP contribution in [0.25, 0.3) is 0 Å². The molecule has 0 aliphatic carbocycles. The molecule has 2 heteroatoms. The third kappa shape index (κ3) is 3.96. The Morgan fingerprint density at radius 2 is 1.71 bits per heavy atom. The van der Waals surface area contributed by atoms with Gasteiger partial charge in [-0.2, -0.15) is 0 Å². The van der Waals surface area contributed by atoms with E-state index >= 15 is 0 Å². The number of rotatable bonds is 6. The summed E-state index contributed by atoms with van der Waals surface area (Å²) in [7, 11) is 0. The minimum Gasteiger partial charge on any atom is -0.330 e. The van der Waals surface area contributed by atoms with Crippen LogP contribution in [0.15, 0.2) is 0 Å². The molecule has 17 heavy (non-hydrogen) atoms. The average molecular weight is 240 g/mol. The fourth-order valence-electron chi connectivity index (χ4n) is 3.08. The SMILES string of the molecule is CCC(CC)(CN)CN1CCC(C(C)C)CC1. The van der Waals surface area contributed by atoms with Gasteiger partial charge in [-0.3, -0.25) is 0 Å². The summed E-state index contributed by atoms with van der Waals surface area (Å²) in [6.45, 7) is 13.9. The van der Waals surface area contributed by atoms with E-state index < -0.39 is 0 Å².